The van der Waals surface area contributed by atoms with Gasteiger partial charge in [-0.2, -0.15) is 0 Å². The van der Waals surface area contributed by atoms with Crippen molar-refractivity contribution in [1.29, 1.82) is 0 Å². The summed E-state index contributed by atoms with van der Waals surface area (Å²) < 4.78 is 0. The molecule has 5 nitrogen and oxygen atoms in total. The minimum atomic E-state index is -0.525. The van der Waals surface area contributed by atoms with Gasteiger partial charge in [0.1, 0.15) is 17.7 Å². The Morgan fingerprint density at radius 3 is 1.63 bits per heavy atom. The Morgan fingerprint density at radius 1 is 0.500 bits per heavy atom. The first-order chi connectivity index (χ1) is 28.9. The molecular weight excluding hydrogens is 731 g/mol. The molecule has 5 heteroatoms. The van der Waals surface area contributed by atoms with E-state index in [1.54, 1.807) is 6.33 Å². The van der Waals surface area contributed by atoms with E-state index in [1.807, 2.05) is 0 Å². The fraction of sp³-hybridized carbons (Fsp3) is 0.182. The summed E-state index contributed by atoms with van der Waals surface area (Å²) in [4.78, 5) is 19.8. The van der Waals surface area contributed by atoms with E-state index in [0.717, 1.165) is 56.6 Å². The van der Waals surface area contributed by atoms with Crippen molar-refractivity contribution in [2.45, 2.75) is 64.8 Å². The highest BCUT2D eigenvalue weighted by molar-refractivity contribution is 6.18. The van der Waals surface area contributed by atoms with E-state index >= 15 is 0 Å². The van der Waals surface area contributed by atoms with Gasteiger partial charge in [0.05, 0.1) is 22.8 Å². The van der Waals surface area contributed by atoms with Gasteiger partial charge in [-0.25, -0.2) is 9.97 Å². The lowest BCUT2D eigenvalue weighted by molar-refractivity contribution is 0.516. The third-order valence-corrected chi connectivity index (χ3v) is 12.4. The Balaban J connectivity index is 0.987. The molecule has 0 saturated carbocycles. The zero-order chi connectivity index (χ0) is 41.4. The van der Waals surface area contributed by atoms with Gasteiger partial charge < -0.3 is 4.90 Å². The normalized spacial score (nSPS) is 14.9. The third kappa shape index (κ3) is 6.28. The van der Waals surface area contributed by atoms with Crippen LogP contribution < -0.4 is 9.80 Å². The van der Waals surface area contributed by atoms with E-state index in [0.29, 0.717) is 0 Å². The van der Waals surface area contributed by atoms with Crippen molar-refractivity contribution in [1.82, 2.24) is 9.97 Å². The van der Waals surface area contributed by atoms with Crippen molar-refractivity contribution >= 4 is 45.0 Å². The Hall–Kier alpha value is -6.85. The molecule has 0 amide bonds. The third-order valence-electron chi connectivity index (χ3n) is 12.4. The number of benzene rings is 7. The average Bonchev–Trinajstić information content (AvgIpc) is 3.26. The van der Waals surface area contributed by atoms with Crippen LogP contribution in [0, 0.1) is 0 Å². The SMILES string of the molecule is CC(C)(C)c1ccc(N(c2ccc(-c3ccccc3)cc2)c2ccc(-c3ccc4cc(C5=NC(C)(C)c6ncnc7c6N5c5ccccc5C7(C)C)ccc4c3)cc2)cc1. The summed E-state index contributed by atoms with van der Waals surface area (Å²) in [7, 11) is 0. The van der Waals surface area contributed by atoms with Crippen molar-refractivity contribution < 1.29 is 0 Å². The summed E-state index contributed by atoms with van der Waals surface area (Å²) in [5, 5.41) is 2.35. The van der Waals surface area contributed by atoms with Crippen LogP contribution in [0.25, 0.3) is 33.0 Å². The van der Waals surface area contributed by atoms with Gasteiger partial charge >= 0.3 is 0 Å². The van der Waals surface area contributed by atoms with Crippen LogP contribution in [-0.2, 0) is 16.4 Å². The van der Waals surface area contributed by atoms with Crippen LogP contribution >= 0.6 is 0 Å². The van der Waals surface area contributed by atoms with Crippen molar-refractivity contribution in [3.05, 3.63) is 198 Å². The number of hydrogen-bond donors (Lipinski definition) is 0. The van der Waals surface area contributed by atoms with Crippen LogP contribution in [0.1, 0.15) is 76.5 Å². The van der Waals surface area contributed by atoms with Gasteiger partial charge in [0, 0.05) is 28.0 Å². The highest BCUT2D eigenvalue weighted by atomic mass is 15.3. The van der Waals surface area contributed by atoms with Crippen LogP contribution in [0.5, 0.6) is 0 Å². The van der Waals surface area contributed by atoms with Crippen LogP contribution in [0.4, 0.5) is 28.4 Å². The zero-order valence-corrected chi connectivity index (χ0v) is 35.4. The molecule has 0 N–H and O–H groups in total. The molecular formula is C55H49N5. The summed E-state index contributed by atoms with van der Waals surface area (Å²) in [6.45, 7) is 15.6. The molecule has 0 aliphatic carbocycles. The van der Waals surface area contributed by atoms with Gasteiger partial charge in [-0.05, 0) is 132 Å². The number of aliphatic imine (C=N–C) groups is 1. The molecule has 0 fully saturated rings. The molecule has 0 bridgehead atoms. The number of hydrogen-bond acceptors (Lipinski definition) is 5. The quantitative estimate of drug-likeness (QED) is 0.169. The number of aromatic nitrogens is 2. The molecule has 10 rings (SSSR count). The van der Waals surface area contributed by atoms with Crippen LogP contribution in [0.3, 0.4) is 0 Å². The second-order valence-corrected chi connectivity index (χ2v) is 18.3. The van der Waals surface area contributed by atoms with Crippen molar-refractivity contribution in [3.63, 3.8) is 0 Å². The van der Waals surface area contributed by atoms with Gasteiger partial charge in [0.25, 0.3) is 0 Å². The molecule has 60 heavy (non-hydrogen) atoms. The van der Waals surface area contributed by atoms with Crippen molar-refractivity contribution in [2.24, 2.45) is 4.99 Å². The standard InChI is InChI=1S/C55H49N5/c1-53(2,3)43-25-31-46(32-26-43)59(44-27-21-37(22-28-44)36-13-9-8-10-14-36)45-29-23-38(24-30-45)39-17-18-41-34-42(20-19-40(41)33-39)52-58-55(6,7)51-49-50(56-35-57-51)54(4,5)47-15-11-12-16-48(47)60(49)52/h8-35H,1-7H3. The van der Waals surface area contributed by atoms with Crippen molar-refractivity contribution in [2.75, 3.05) is 9.80 Å². The summed E-state index contributed by atoms with van der Waals surface area (Å²) in [5.41, 5.74) is 15.2. The molecule has 0 atom stereocenters. The summed E-state index contributed by atoms with van der Waals surface area (Å²) in [5.74, 6) is 0.917. The Kier molecular flexibility index (Phi) is 8.66. The van der Waals surface area contributed by atoms with E-state index in [2.05, 4.69) is 222 Å². The Morgan fingerprint density at radius 2 is 1.00 bits per heavy atom. The number of fused-ring (bicyclic) bond motifs is 3. The molecule has 294 valence electrons. The predicted octanol–water partition coefficient (Wildman–Crippen LogP) is 14.2. The first kappa shape index (κ1) is 37.4. The Bertz CT molecular complexity index is 2940. The largest absolute Gasteiger partial charge is 0.311 e. The zero-order valence-electron chi connectivity index (χ0n) is 35.4. The van der Waals surface area contributed by atoms with Crippen molar-refractivity contribution in [3.8, 4) is 22.3 Å². The number of rotatable bonds is 6. The summed E-state index contributed by atoms with van der Waals surface area (Å²) in [6.07, 6.45) is 1.71. The van der Waals surface area contributed by atoms with E-state index in [1.165, 1.54) is 38.8 Å². The molecule has 7 aromatic carbocycles. The fourth-order valence-corrected chi connectivity index (χ4v) is 9.08. The lowest BCUT2D eigenvalue weighted by Crippen LogP contribution is -2.44. The maximum Gasteiger partial charge on any atom is 0.141 e. The van der Waals surface area contributed by atoms with Gasteiger partial charge in [-0.1, -0.05) is 130 Å². The molecule has 2 aliphatic heterocycles. The highest BCUT2D eigenvalue weighted by Gasteiger charge is 2.46. The molecule has 0 unspecified atom stereocenters. The second-order valence-electron chi connectivity index (χ2n) is 18.3. The monoisotopic (exact) mass is 779 g/mol. The van der Waals surface area contributed by atoms with Gasteiger partial charge in [-0.15, -0.1) is 0 Å². The van der Waals surface area contributed by atoms with E-state index in [-0.39, 0.29) is 10.8 Å². The topological polar surface area (TPSA) is 44.6 Å². The number of amidine groups is 1. The minimum absolute atomic E-state index is 0.0768. The number of nitrogens with zero attached hydrogens (tertiary/aromatic N) is 5. The molecule has 3 heterocycles. The molecule has 8 aromatic rings. The van der Waals surface area contributed by atoms with Crippen LogP contribution in [-0.4, -0.2) is 15.8 Å². The lowest BCUT2D eigenvalue weighted by atomic mass is 9.74. The van der Waals surface area contributed by atoms with E-state index in [9.17, 15) is 0 Å². The first-order valence-electron chi connectivity index (χ1n) is 20.9. The van der Waals surface area contributed by atoms with Crippen LogP contribution in [0.2, 0.25) is 0 Å². The maximum absolute atomic E-state index is 5.42. The van der Waals surface area contributed by atoms with Crippen LogP contribution in [0.15, 0.2) is 175 Å². The van der Waals surface area contributed by atoms with E-state index < -0.39 is 5.54 Å². The predicted molar refractivity (Wildman–Crippen MR) is 251 cm³/mol. The fourth-order valence-electron chi connectivity index (χ4n) is 9.08. The molecule has 1 aromatic heterocycles. The summed E-state index contributed by atoms with van der Waals surface area (Å²) >= 11 is 0. The van der Waals surface area contributed by atoms with E-state index in [4.69, 9.17) is 15.0 Å². The van der Waals surface area contributed by atoms with Gasteiger partial charge in [0.2, 0.25) is 0 Å². The molecule has 0 saturated heterocycles. The maximum atomic E-state index is 5.42. The lowest BCUT2D eigenvalue weighted by Gasteiger charge is -2.46. The second kappa shape index (κ2) is 13.9. The first-order valence-corrected chi connectivity index (χ1v) is 20.9. The number of anilines is 5. The average molecular weight is 780 g/mol. The highest BCUT2D eigenvalue weighted by Crippen LogP contribution is 2.53. The van der Waals surface area contributed by atoms with Gasteiger partial charge in [0.15, 0.2) is 0 Å². The molecule has 0 radical (unpaired) electrons. The van der Waals surface area contributed by atoms with Gasteiger partial charge in [-0.3, -0.25) is 9.89 Å². The molecule has 2 aliphatic rings. The molecule has 0 spiro atoms. The summed E-state index contributed by atoms with van der Waals surface area (Å²) in [6, 6.07) is 59.5. The number of para-hydroxylation sites is 1. The smallest absolute Gasteiger partial charge is 0.141 e. The Labute approximate surface area is 353 Å². The minimum Gasteiger partial charge on any atom is -0.311 e.